The number of unbranched alkanes of at least 4 members (excludes halogenated alkanes) is 14. The molecule has 0 aromatic carbocycles. The number of rotatable bonds is 26. The van der Waals surface area contributed by atoms with Gasteiger partial charge in [-0.3, -0.25) is 9.59 Å². The average molecular weight is 582 g/mol. The summed E-state index contributed by atoms with van der Waals surface area (Å²) in [4.78, 5) is 34.0. The van der Waals surface area contributed by atoms with Gasteiger partial charge in [0.25, 0.3) is 0 Å². The summed E-state index contributed by atoms with van der Waals surface area (Å²) in [6.45, 7) is 5.62. The number of ether oxygens (including phenoxy) is 1. The van der Waals surface area contributed by atoms with Gasteiger partial charge in [0.05, 0.1) is 6.61 Å². The molecule has 0 saturated heterocycles. The minimum atomic E-state index is -0.953. The number of carboxylic acids is 1. The van der Waals surface area contributed by atoms with Gasteiger partial charge < -0.3 is 32.4 Å². The van der Waals surface area contributed by atoms with Crippen LogP contribution in [0.3, 0.4) is 0 Å². The average Bonchev–Trinajstić information content (AvgIpc) is 2.91. The molecule has 0 bridgehead atoms. The second kappa shape index (κ2) is 34.5. The number of amides is 1. The fourth-order valence-electron chi connectivity index (χ4n) is 4.20. The van der Waals surface area contributed by atoms with E-state index in [1.807, 2.05) is 0 Å². The standard InChI is InChI=1S/C22H44N2O3.C8H18N2O2.Na/c1-2-3-4-5-6-7-8-9-10-11-12-13-14-18-21(25)24-20(22(26)27)17-15-16-19-23;1-2-12-8(11)7(10)5-3-4-6-9;/h20H,2-19,23H2,1H3,(H,24,25)(H,26,27);7H,2-6,9-10H2,1H3;/t20-;7-;/m00./s1. The van der Waals surface area contributed by atoms with Crippen LogP contribution in [0.4, 0.5) is 0 Å². The molecule has 0 rings (SSSR count). The smallest absolute Gasteiger partial charge is 0.326 e. The van der Waals surface area contributed by atoms with E-state index in [2.05, 4.69) is 12.2 Å². The Bertz CT molecular complexity index is 584. The molecule has 9 nitrogen and oxygen atoms in total. The molecule has 0 aliphatic heterocycles. The maximum Gasteiger partial charge on any atom is 0.326 e. The third-order valence-electron chi connectivity index (χ3n) is 6.65. The molecule has 0 aliphatic rings. The van der Waals surface area contributed by atoms with E-state index >= 15 is 0 Å². The molecule has 0 aromatic rings. The Morgan fingerprint density at radius 2 is 1.15 bits per heavy atom. The topological polar surface area (TPSA) is 171 Å². The van der Waals surface area contributed by atoms with Gasteiger partial charge in [0.1, 0.15) is 12.1 Å². The largest absolute Gasteiger partial charge is 0.480 e. The molecule has 1 radical (unpaired) electrons. The molecule has 0 unspecified atom stereocenters. The Labute approximate surface area is 267 Å². The summed E-state index contributed by atoms with van der Waals surface area (Å²) in [5.74, 6) is -1.40. The summed E-state index contributed by atoms with van der Waals surface area (Å²) in [5, 5.41) is 11.8. The van der Waals surface area contributed by atoms with Gasteiger partial charge in [-0.05, 0) is 58.5 Å². The first kappa shape index (κ1) is 43.7. The summed E-state index contributed by atoms with van der Waals surface area (Å²) in [5.41, 5.74) is 16.2. The molecule has 233 valence electrons. The van der Waals surface area contributed by atoms with E-state index < -0.39 is 18.1 Å². The van der Waals surface area contributed by atoms with Gasteiger partial charge in [0.15, 0.2) is 0 Å². The number of carbonyl (C=O) groups is 3. The monoisotopic (exact) mass is 581 g/mol. The van der Waals surface area contributed by atoms with Crippen LogP contribution >= 0.6 is 0 Å². The van der Waals surface area contributed by atoms with Crippen molar-refractivity contribution >= 4 is 47.4 Å². The number of nitrogens with two attached hydrogens (primary N) is 3. The molecular formula is C30H62N4NaO5. The van der Waals surface area contributed by atoms with Crippen LogP contribution in [0.2, 0.25) is 0 Å². The quantitative estimate of drug-likeness (QED) is 0.0551. The van der Waals surface area contributed by atoms with Crippen molar-refractivity contribution in [1.29, 1.82) is 0 Å². The third-order valence-corrected chi connectivity index (χ3v) is 6.65. The van der Waals surface area contributed by atoms with Crippen LogP contribution < -0.4 is 22.5 Å². The minimum absolute atomic E-state index is 0. The summed E-state index contributed by atoms with van der Waals surface area (Å²) in [6, 6.07) is -1.25. The molecule has 0 spiro atoms. The van der Waals surface area contributed by atoms with Crippen LogP contribution in [-0.2, 0) is 19.1 Å². The first-order chi connectivity index (χ1) is 18.8. The number of carbonyl (C=O) groups excluding carboxylic acids is 2. The maximum atomic E-state index is 11.9. The number of aliphatic carboxylic acids is 1. The van der Waals surface area contributed by atoms with E-state index in [0.29, 0.717) is 39.0 Å². The minimum Gasteiger partial charge on any atom is -0.480 e. The fourth-order valence-corrected chi connectivity index (χ4v) is 4.20. The summed E-state index contributed by atoms with van der Waals surface area (Å²) in [7, 11) is 0. The zero-order valence-corrected chi connectivity index (χ0v) is 28.2. The Hall–Kier alpha value is -0.710. The molecular weight excluding hydrogens is 519 g/mol. The molecule has 0 fully saturated rings. The first-order valence-electron chi connectivity index (χ1n) is 15.7. The van der Waals surface area contributed by atoms with Gasteiger partial charge in [0, 0.05) is 36.0 Å². The van der Waals surface area contributed by atoms with Gasteiger partial charge in [-0.25, -0.2) is 4.79 Å². The number of nitrogens with one attached hydrogen (secondary N) is 1. The predicted molar refractivity (Wildman–Crippen MR) is 166 cm³/mol. The third kappa shape index (κ3) is 31.8. The van der Waals surface area contributed by atoms with E-state index in [9.17, 15) is 14.4 Å². The van der Waals surface area contributed by atoms with Gasteiger partial charge >= 0.3 is 11.9 Å². The fraction of sp³-hybridized carbons (Fsp3) is 0.900. The second-order valence-corrected chi connectivity index (χ2v) is 10.4. The van der Waals surface area contributed by atoms with Crippen molar-refractivity contribution < 1.29 is 24.2 Å². The van der Waals surface area contributed by atoms with Gasteiger partial charge in [-0.1, -0.05) is 90.4 Å². The molecule has 40 heavy (non-hydrogen) atoms. The zero-order chi connectivity index (χ0) is 29.6. The van der Waals surface area contributed by atoms with Crippen molar-refractivity contribution in [2.75, 3.05) is 19.7 Å². The molecule has 10 heteroatoms. The van der Waals surface area contributed by atoms with Crippen LogP contribution in [0.5, 0.6) is 0 Å². The van der Waals surface area contributed by atoms with Crippen LogP contribution in [-0.4, -0.2) is 84.3 Å². The van der Waals surface area contributed by atoms with Crippen molar-refractivity contribution in [2.45, 2.75) is 154 Å². The molecule has 2 atom stereocenters. The first-order valence-corrected chi connectivity index (χ1v) is 15.7. The van der Waals surface area contributed by atoms with Crippen LogP contribution in [0.1, 0.15) is 142 Å². The van der Waals surface area contributed by atoms with Crippen molar-refractivity contribution in [3.63, 3.8) is 0 Å². The summed E-state index contributed by atoms with van der Waals surface area (Å²) in [6.07, 6.45) is 21.4. The van der Waals surface area contributed by atoms with E-state index in [0.717, 1.165) is 38.5 Å². The van der Waals surface area contributed by atoms with Gasteiger partial charge in [-0.2, -0.15) is 0 Å². The zero-order valence-electron chi connectivity index (χ0n) is 26.2. The molecule has 8 N–H and O–H groups in total. The molecule has 0 aromatic heterocycles. The SMILES string of the molecule is CCCCCCCCCCCCCCCC(=O)N[C@@H](CCCCN)C(=O)O.CCOC(=O)[C@@H](N)CCCCN.[Na]. The van der Waals surface area contributed by atoms with Crippen molar-refractivity contribution in [3.8, 4) is 0 Å². The predicted octanol–water partition coefficient (Wildman–Crippen LogP) is 4.79. The molecule has 0 saturated carbocycles. The number of carboxylic acid groups (broad SMARTS) is 1. The van der Waals surface area contributed by atoms with Crippen molar-refractivity contribution in [2.24, 2.45) is 17.2 Å². The normalized spacial score (nSPS) is 11.9. The number of hydrogen-bond acceptors (Lipinski definition) is 7. The van der Waals surface area contributed by atoms with E-state index in [-0.39, 0.29) is 41.4 Å². The molecule has 1 amide bonds. The Balaban J connectivity index is -0.000000885. The van der Waals surface area contributed by atoms with Crippen LogP contribution in [0.25, 0.3) is 0 Å². The van der Waals surface area contributed by atoms with Crippen LogP contribution in [0.15, 0.2) is 0 Å². The molecule has 0 heterocycles. The Morgan fingerprint density at radius 1 is 0.700 bits per heavy atom. The number of hydrogen-bond donors (Lipinski definition) is 5. The second-order valence-electron chi connectivity index (χ2n) is 10.4. The maximum absolute atomic E-state index is 11.9. The van der Waals surface area contributed by atoms with Crippen molar-refractivity contribution in [1.82, 2.24) is 5.32 Å². The number of esters is 1. The van der Waals surface area contributed by atoms with E-state index in [4.69, 9.17) is 27.0 Å². The summed E-state index contributed by atoms with van der Waals surface area (Å²) < 4.78 is 4.74. The Morgan fingerprint density at radius 3 is 1.57 bits per heavy atom. The molecule has 0 aliphatic carbocycles. The van der Waals surface area contributed by atoms with E-state index in [1.54, 1.807) is 6.92 Å². The van der Waals surface area contributed by atoms with E-state index in [1.165, 1.54) is 70.6 Å². The van der Waals surface area contributed by atoms with Gasteiger partial charge in [-0.15, -0.1) is 0 Å². The van der Waals surface area contributed by atoms with Gasteiger partial charge in [0.2, 0.25) is 5.91 Å². The van der Waals surface area contributed by atoms with Crippen LogP contribution in [0, 0.1) is 0 Å². The van der Waals surface area contributed by atoms with Crippen molar-refractivity contribution in [3.05, 3.63) is 0 Å². The Kier molecular flexibility index (Phi) is 37.7. The summed E-state index contributed by atoms with van der Waals surface area (Å²) >= 11 is 0.